The molecule has 1 saturated heterocycles. The number of aliphatic hydroxyl groups excluding tert-OH is 1. The Kier molecular flexibility index (Phi) is 4.94. The Morgan fingerprint density at radius 1 is 1.19 bits per heavy atom. The van der Waals surface area contributed by atoms with Gasteiger partial charge in [0.25, 0.3) is 11.7 Å². The lowest BCUT2D eigenvalue weighted by molar-refractivity contribution is -0.132. The fourth-order valence-electron chi connectivity index (χ4n) is 4.17. The molecule has 7 heteroatoms. The molecule has 2 aliphatic heterocycles. The summed E-state index contributed by atoms with van der Waals surface area (Å²) in [6.45, 7) is 2.43. The van der Waals surface area contributed by atoms with E-state index in [9.17, 15) is 14.7 Å². The lowest BCUT2D eigenvalue weighted by atomic mass is 9.95. The number of aromatic nitrogens is 1. The van der Waals surface area contributed by atoms with E-state index in [1.165, 1.54) is 4.90 Å². The van der Waals surface area contributed by atoms with Crippen LogP contribution in [0.1, 0.15) is 28.3 Å². The number of nitrogens with zero attached hydrogens (tertiary/aromatic N) is 2. The smallest absolute Gasteiger partial charge is 0.300 e. The van der Waals surface area contributed by atoms with Gasteiger partial charge in [-0.3, -0.25) is 19.5 Å². The molecule has 3 aromatic rings. The summed E-state index contributed by atoms with van der Waals surface area (Å²) in [4.78, 5) is 31.9. The summed E-state index contributed by atoms with van der Waals surface area (Å²) >= 11 is 6.31. The lowest BCUT2D eigenvalue weighted by Crippen LogP contribution is -2.29. The van der Waals surface area contributed by atoms with Crippen molar-refractivity contribution < 1.29 is 19.4 Å². The van der Waals surface area contributed by atoms with E-state index in [1.807, 2.05) is 6.92 Å². The topological polar surface area (TPSA) is 79.7 Å². The molecule has 1 atom stereocenters. The van der Waals surface area contributed by atoms with Gasteiger partial charge in [0.2, 0.25) is 0 Å². The maximum absolute atomic E-state index is 13.2. The number of pyridine rings is 1. The first-order valence-corrected chi connectivity index (χ1v) is 10.6. The van der Waals surface area contributed by atoms with Gasteiger partial charge in [0.05, 0.1) is 18.2 Å². The van der Waals surface area contributed by atoms with E-state index >= 15 is 0 Å². The maximum atomic E-state index is 13.2. The molecule has 0 spiro atoms. The molecule has 2 aliphatic rings. The van der Waals surface area contributed by atoms with Crippen LogP contribution in [0.25, 0.3) is 5.76 Å². The molecule has 1 aromatic heterocycles. The maximum Gasteiger partial charge on any atom is 0.300 e. The number of amides is 1. The van der Waals surface area contributed by atoms with Crippen LogP contribution in [-0.4, -0.2) is 28.4 Å². The van der Waals surface area contributed by atoms with Gasteiger partial charge >= 0.3 is 0 Å². The van der Waals surface area contributed by atoms with Crippen molar-refractivity contribution in [1.29, 1.82) is 0 Å². The summed E-state index contributed by atoms with van der Waals surface area (Å²) in [5, 5.41) is 11.7. The number of fused-ring (bicyclic) bond motifs is 1. The Labute approximate surface area is 189 Å². The fourth-order valence-corrected chi connectivity index (χ4v) is 4.35. The number of aryl methyl sites for hydroxylation is 1. The van der Waals surface area contributed by atoms with E-state index in [2.05, 4.69) is 4.98 Å². The zero-order valence-corrected chi connectivity index (χ0v) is 18.0. The first-order chi connectivity index (χ1) is 15.5. The van der Waals surface area contributed by atoms with Gasteiger partial charge in [-0.25, -0.2) is 0 Å². The second-order valence-corrected chi connectivity index (χ2v) is 8.22. The molecular formula is C25H19ClN2O4. The minimum atomic E-state index is -0.841. The van der Waals surface area contributed by atoms with Gasteiger partial charge in [-0.15, -0.1) is 0 Å². The van der Waals surface area contributed by atoms with E-state index in [-0.39, 0.29) is 11.3 Å². The van der Waals surface area contributed by atoms with E-state index in [4.69, 9.17) is 16.3 Å². The zero-order valence-electron chi connectivity index (χ0n) is 17.2. The van der Waals surface area contributed by atoms with Crippen LogP contribution in [0.4, 0.5) is 5.69 Å². The van der Waals surface area contributed by atoms with Gasteiger partial charge in [-0.05, 0) is 60.0 Å². The van der Waals surface area contributed by atoms with Crippen molar-refractivity contribution >= 4 is 34.7 Å². The average Bonchev–Trinajstić information content (AvgIpc) is 3.38. The molecule has 1 N–H and O–H groups in total. The van der Waals surface area contributed by atoms with Gasteiger partial charge in [0, 0.05) is 35.1 Å². The van der Waals surface area contributed by atoms with Crippen molar-refractivity contribution in [1.82, 2.24) is 4.98 Å². The number of anilines is 1. The summed E-state index contributed by atoms with van der Waals surface area (Å²) in [6.07, 6.45) is 3.92. The molecule has 160 valence electrons. The average molecular weight is 447 g/mol. The molecule has 5 rings (SSSR count). The second-order valence-electron chi connectivity index (χ2n) is 7.81. The van der Waals surface area contributed by atoms with E-state index in [1.54, 1.807) is 60.9 Å². The standard InChI is InChI=1S/C25H19ClN2O4/c1-14-4-6-18(12-19(14)26)28-22(17-3-2-9-27-13-17)21(24(30)25(28)31)23(29)16-5-7-20-15(11-16)8-10-32-20/h2-7,9,11-13,22,29H,8,10H2,1H3/b23-21-. The van der Waals surface area contributed by atoms with Crippen LogP contribution >= 0.6 is 11.6 Å². The van der Waals surface area contributed by atoms with Crippen LogP contribution in [0.5, 0.6) is 5.75 Å². The van der Waals surface area contributed by atoms with Crippen LogP contribution in [0, 0.1) is 6.92 Å². The minimum Gasteiger partial charge on any atom is -0.507 e. The predicted octanol–water partition coefficient (Wildman–Crippen LogP) is 4.60. The van der Waals surface area contributed by atoms with Crippen molar-refractivity contribution in [2.75, 3.05) is 11.5 Å². The number of ether oxygens (including phenoxy) is 1. The fraction of sp³-hybridized carbons (Fsp3) is 0.160. The van der Waals surface area contributed by atoms with Gasteiger partial charge in [-0.2, -0.15) is 0 Å². The SMILES string of the molecule is Cc1ccc(N2C(=O)C(=O)/C(=C(\O)c3ccc4c(c3)CCO4)C2c2cccnc2)cc1Cl. The first kappa shape index (κ1) is 20.3. The van der Waals surface area contributed by atoms with Gasteiger partial charge < -0.3 is 9.84 Å². The molecular weight excluding hydrogens is 428 g/mol. The Morgan fingerprint density at radius 2 is 2.03 bits per heavy atom. The third-order valence-electron chi connectivity index (χ3n) is 5.84. The molecule has 2 aromatic carbocycles. The number of benzene rings is 2. The van der Waals surface area contributed by atoms with Crippen LogP contribution in [0.3, 0.4) is 0 Å². The second kappa shape index (κ2) is 7.80. The van der Waals surface area contributed by atoms with Crippen molar-refractivity contribution in [3.05, 3.63) is 93.8 Å². The van der Waals surface area contributed by atoms with Crippen LogP contribution < -0.4 is 9.64 Å². The molecule has 3 heterocycles. The summed E-state index contributed by atoms with van der Waals surface area (Å²) < 4.78 is 5.54. The number of aliphatic hydroxyl groups is 1. The van der Waals surface area contributed by atoms with Gasteiger partial charge in [0.15, 0.2) is 0 Å². The van der Waals surface area contributed by atoms with E-state index < -0.39 is 17.7 Å². The number of hydrogen-bond acceptors (Lipinski definition) is 5. The molecule has 1 amide bonds. The predicted molar refractivity (Wildman–Crippen MR) is 121 cm³/mol. The summed E-state index contributed by atoms with van der Waals surface area (Å²) in [5.74, 6) is -0.956. The number of Topliss-reactive ketones (excluding diaryl/α,β-unsaturated/α-hetero) is 1. The number of halogens is 1. The third-order valence-corrected chi connectivity index (χ3v) is 6.25. The number of hydrogen-bond donors (Lipinski definition) is 1. The summed E-state index contributed by atoms with van der Waals surface area (Å²) in [5.41, 5.74) is 3.35. The molecule has 1 fully saturated rings. The highest BCUT2D eigenvalue weighted by Crippen LogP contribution is 2.43. The highest BCUT2D eigenvalue weighted by Gasteiger charge is 2.47. The number of rotatable bonds is 3. The molecule has 0 bridgehead atoms. The Hall–Kier alpha value is -3.64. The van der Waals surface area contributed by atoms with Crippen molar-refractivity contribution in [2.45, 2.75) is 19.4 Å². The molecule has 32 heavy (non-hydrogen) atoms. The first-order valence-electron chi connectivity index (χ1n) is 10.2. The number of ketones is 1. The van der Waals surface area contributed by atoms with Crippen LogP contribution in [0.15, 0.2) is 66.5 Å². The summed E-state index contributed by atoms with van der Waals surface area (Å²) in [6, 6.07) is 13.1. The molecule has 6 nitrogen and oxygen atoms in total. The van der Waals surface area contributed by atoms with Crippen molar-refractivity contribution in [3.63, 3.8) is 0 Å². The largest absolute Gasteiger partial charge is 0.507 e. The highest BCUT2D eigenvalue weighted by atomic mass is 35.5. The van der Waals surface area contributed by atoms with Crippen molar-refractivity contribution in [3.8, 4) is 5.75 Å². The molecule has 0 radical (unpaired) electrons. The Bertz CT molecular complexity index is 1290. The Morgan fingerprint density at radius 3 is 2.78 bits per heavy atom. The third kappa shape index (κ3) is 3.24. The molecule has 0 saturated carbocycles. The van der Waals surface area contributed by atoms with Crippen molar-refractivity contribution in [2.24, 2.45) is 0 Å². The summed E-state index contributed by atoms with van der Waals surface area (Å²) in [7, 11) is 0. The normalized spacial score (nSPS) is 19.2. The number of carbonyl (C=O) groups is 2. The number of carbonyl (C=O) groups excluding carboxylic acids is 2. The highest BCUT2D eigenvalue weighted by molar-refractivity contribution is 6.51. The van der Waals surface area contributed by atoms with Gasteiger partial charge in [-0.1, -0.05) is 23.7 Å². The monoisotopic (exact) mass is 446 g/mol. The van der Waals surface area contributed by atoms with Crippen LogP contribution in [0.2, 0.25) is 5.02 Å². The zero-order chi connectivity index (χ0) is 22.4. The van der Waals surface area contributed by atoms with Gasteiger partial charge in [0.1, 0.15) is 11.5 Å². The van der Waals surface area contributed by atoms with E-state index in [0.29, 0.717) is 28.4 Å². The van der Waals surface area contributed by atoms with E-state index in [0.717, 1.165) is 23.3 Å². The quantitative estimate of drug-likeness (QED) is 0.361. The lowest BCUT2D eigenvalue weighted by Gasteiger charge is -2.25. The van der Waals surface area contributed by atoms with Crippen LogP contribution in [-0.2, 0) is 16.0 Å². The Balaban J connectivity index is 1.70. The molecule has 1 unspecified atom stereocenters. The molecule has 0 aliphatic carbocycles. The minimum absolute atomic E-state index is 0.0126.